The summed E-state index contributed by atoms with van der Waals surface area (Å²) in [5.41, 5.74) is 7.86. The third kappa shape index (κ3) is 14.3. The Morgan fingerprint density at radius 2 is 0.922 bits per heavy atom. The van der Waals surface area contributed by atoms with Crippen LogP contribution in [0.15, 0.2) is 194 Å². The number of nitrogens with one attached hydrogen (secondary N) is 1. The Bertz CT molecular complexity index is 3070. The standard InChI is InChI=1S/C31H32N4O3.C17H22N4O2.C14H11ClO/c1-23-20-28(35(32-23)21-24-12-6-3-7-13-24)33-18-19-34(27(22-33)31(37)38-2)30(36)29(25-14-8-4-9-15-25)26-16-10-5-11-17-26;1-13-10-16(20-9-8-18-15(12-20)17(22)23-2)21(19-13)11-14-6-4-3-5-7-14;15-14(16)13(11-7-3-1-4-8-11)12-9-5-2-6-10-12/h3-17,20,27,29H,18-19,21-22H2,1-2H3;3-7,10,15,18H,8-9,11-12H2,1-2H3;1-10,13H/t27-;15-;/m00./s1. The Morgan fingerprint density at radius 1 is 0.532 bits per heavy atom. The Balaban J connectivity index is 0.000000170. The molecule has 8 aromatic rings. The van der Waals surface area contributed by atoms with Crippen molar-refractivity contribution in [2.45, 2.75) is 50.9 Å². The molecular weight excluding hydrogens is 988 g/mol. The van der Waals surface area contributed by atoms with Crippen LogP contribution >= 0.6 is 11.6 Å². The lowest BCUT2D eigenvalue weighted by molar-refractivity contribution is -0.153. The minimum atomic E-state index is -0.739. The Labute approximate surface area is 455 Å². The molecular formula is C62H65ClN8O6. The molecule has 4 heterocycles. The first-order valence-electron chi connectivity index (χ1n) is 25.8. The molecule has 0 spiro atoms. The van der Waals surface area contributed by atoms with Crippen molar-refractivity contribution in [1.29, 1.82) is 0 Å². The van der Waals surface area contributed by atoms with Crippen LogP contribution in [0.3, 0.4) is 0 Å². The molecule has 2 aliphatic rings. The molecule has 0 radical (unpaired) electrons. The van der Waals surface area contributed by atoms with Gasteiger partial charge in [0.1, 0.15) is 23.7 Å². The van der Waals surface area contributed by atoms with Crippen molar-refractivity contribution < 1.29 is 28.7 Å². The summed E-state index contributed by atoms with van der Waals surface area (Å²) >= 11 is 5.67. The van der Waals surface area contributed by atoms with E-state index < -0.39 is 17.9 Å². The largest absolute Gasteiger partial charge is 0.468 e. The van der Waals surface area contributed by atoms with Crippen molar-refractivity contribution in [2.24, 2.45) is 0 Å². The van der Waals surface area contributed by atoms with Gasteiger partial charge < -0.3 is 29.5 Å². The summed E-state index contributed by atoms with van der Waals surface area (Å²) < 4.78 is 14.0. The summed E-state index contributed by atoms with van der Waals surface area (Å²) in [5.74, 6) is 0.337. The lowest BCUT2D eigenvalue weighted by atomic mass is 9.89. The predicted octanol–water partition coefficient (Wildman–Crippen LogP) is 9.04. The molecule has 77 heavy (non-hydrogen) atoms. The van der Waals surface area contributed by atoms with Crippen LogP contribution in [0.4, 0.5) is 11.6 Å². The van der Waals surface area contributed by atoms with Crippen LogP contribution in [-0.4, -0.2) is 113 Å². The number of benzene rings is 6. The highest BCUT2D eigenvalue weighted by Crippen LogP contribution is 2.31. The summed E-state index contributed by atoms with van der Waals surface area (Å²) in [5, 5.41) is 12.2. The van der Waals surface area contributed by atoms with Crippen LogP contribution in [-0.2, 0) is 41.7 Å². The first-order valence-corrected chi connectivity index (χ1v) is 26.1. The molecule has 2 aromatic heterocycles. The first kappa shape index (κ1) is 54.9. The molecule has 2 saturated heterocycles. The molecule has 2 atom stereocenters. The van der Waals surface area contributed by atoms with E-state index in [2.05, 4.69) is 50.5 Å². The second-order valence-electron chi connectivity index (χ2n) is 18.9. The van der Waals surface area contributed by atoms with E-state index in [0.29, 0.717) is 32.7 Å². The zero-order valence-electron chi connectivity index (χ0n) is 43.9. The van der Waals surface area contributed by atoms with E-state index in [9.17, 15) is 19.2 Å². The molecule has 0 aliphatic carbocycles. The minimum Gasteiger partial charge on any atom is -0.468 e. The minimum absolute atomic E-state index is 0.105. The van der Waals surface area contributed by atoms with Gasteiger partial charge in [-0.2, -0.15) is 10.2 Å². The van der Waals surface area contributed by atoms with Gasteiger partial charge >= 0.3 is 11.9 Å². The van der Waals surface area contributed by atoms with Crippen molar-refractivity contribution in [1.82, 2.24) is 29.8 Å². The maximum atomic E-state index is 14.2. The van der Waals surface area contributed by atoms with Crippen molar-refractivity contribution in [2.75, 3.05) is 63.3 Å². The van der Waals surface area contributed by atoms with Crippen LogP contribution in [0.25, 0.3) is 0 Å². The number of hydrogen-bond donors (Lipinski definition) is 1. The molecule has 6 aromatic carbocycles. The zero-order valence-corrected chi connectivity index (χ0v) is 44.7. The number of methoxy groups -OCH3 is 2. The van der Waals surface area contributed by atoms with Gasteiger partial charge in [0.15, 0.2) is 0 Å². The second-order valence-corrected chi connectivity index (χ2v) is 19.3. The van der Waals surface area contributed by atoms with Crippen LogP contribution < -0.4 is 15.1 Å². The number of halogens is 1. The number of anilines is 2. The normalized spacial score (nSPS) is 15.2. The molecule has 2 aliphatic heterocycles. The van der Waals surface area contributed by atoms with Crippen LogP contribution in [0.2, 0.25) is 0 Å². The molecule has 396 valence electrons. The fourth-order valence-corrected chi connectivity index (χ4v) is 10.1. The molecule has 0 unspecified atom stereocenters. The van der Waals surface area contributed by atoms with Gasteiger partial charge in [-0.05, 0) is 58.8 Å². The first-order chi connectivity index (χ1) is 37.5. The lowest BCUT2D eigenvalue weighted by Gasteiger charge is -2.42. The molecule has 10 rings (SSSR count). The number of aryl methyl sites for hydroxylation is 2. The summed E-state index contributed by atoms with van der Waals surface area (Å²) in [6.07, 6.45) is 0. The van der Waals surface area contributed by atoms with E-state index in [1.807, 2.05) is 187 Å². The highest BCUT2D eigenvalue weighted by atomic mass is 35.5. The maximum absolute atomic E-state index is 14.2. The Hall–Kier alpha value is -8.33. The molecule has 14 nitrogen and oxygen atoms in total. The second kappa shape index (κ2) is 26.9. The number of carbonyl (C=O) groups excluding carboxylic acids is 4. The van der Waals surface area contributed by atoms with Gasteiger partial charge in [0.05, 0.1) is 57.1 Å². The van der Waals surface area contributed by atoms with Crippen molar-refractivity contribution >= 4 is 46.3 Å². The molecule has 15 heteroatoms. The number of aromatic nitrogens is 4. The van der Waals surface area contributed by atoms with Gasteiger partial charge in [0.2, 0.25) is 11.1 Å². The number of rotatable bonds is 14. The predicted molar refractivity (Wildman–Crippen MR) is 301 cm³/mol. The SMILES string of the molecule is COC(=O)[C@@H]1CN(c2cc(C)nn2Cc2ccccc2)CCN1.COC(=O)[C@@H]1CN(c2cc(C)nn2Cc2ccccc2)CCN1C(=O)C(c1ccccc1)c1ccccc1.O=C(Cl)C(c1ccccc1)c1ccccc1. The quantitative estimate of drug-likeness (QED) is 0.0823. The van der Waals surface area contributed by atoms with E-state index in [1.54, 1.807) is 4.90 Å². The average Bonchev–Trinajstić information content (AvgIpc) is 4.05. The van der Waals surface area contributed by atoms with Gasteiger partial charge in [0.25, 0.3) is 0 Å². The Kier molecular flexibility index (Phi) is 19.2. The smallest absolute Gasteiger partial charge is 0.330 e. The van der Waals surface area contributed by atoms with Gasteiger partial charge in [-0.25, -0.2) is 14.2 Å². The topological polar surface area (TPSA) is 144 Å². The number of hydrogen-bond acceptors (Lipinski definition) is 11. The number of carbonyl (C=O) groups is 4. The Morgan fingerprint density at radius 3 is 1.32 bits per heavy atom. The number of ether oxygens (including phenoxy) is 2. The summed E-state index contributed by atoms with van der Waals surface area (Å²) in [7, 11) is 2.80. The van der Waals surface area contributed by atoms with Crippen molar-refractivity contribution in [3.05, 3.63) is 239 Å². The van der Waals surface area contributed by atoms with E-state index in [4.69, 9.17) is 26.2 Å². The van der Waals surface area contributed by atoms with Gasteiger partial charge in [-0.15, -0.1) is 0 Å². The van der Waals surface area contributed by atoms with E-state index in [-0.39, 0.29) is 29.1 Å². The van der Waals surface area contributed by atoms with Crippen LogP contribution in [0, 0.1) is 13.8 Å². The molecule has 1 N–H and O–H groups in total. The third-order valence-electron chi connectivity index (χ3n) is 13.6. The number of nitrogens with zero attached hydrogens (tertiary/aromatic N) is 7. The number of piperazine rings is 2. The van der Waals surface area contributed by atoms with E-state index in [0.717, 1.165) is 70.5 Å². The monoisotopic (exact) mass is 1050 g/mol. The highest BCUT2D eigenvalue weighted by Gasteiger charge is 2.40. The fourth-order valence-electron chi connectivity index (χ4n) is 9.85. The van der Waals surface area contributed by atoms with Crippen molar-refractivity contribution in [3.8, 4) is 0 Å². The zero-order chi connectivity index (χ0) is 54.1. The van der Waals surface area contributed by atoms with E-state index in [1.165, 1.54) is 19.8 Å². The fraction of sp³-hybridized carbons (Fsp3) is 0.258. The molecule has 1 amide bonds. The molecule has 0 bridgehead atoms. The van der Waals surface area contributed by atoms with Crippen LogP contribution in [0.1, 0.15) is 56.6 Å². The average molecular weight is 1050 g/mol. The van der Waals surface area contributed by atoms with E-state index >= 15 is 0 Å². The number of amides is 1. The lowest BCUT2D eigenvalue weighted by Crippen LogP contribution is -2.60. The van der Waals surface area contributed by atoms with Gasteiger partial charge in [0, 0.05) is 44.9 Å². The summed E-state index contributed by atoms with van der Waals surface area (Å²) in [6, 6.07) is 62.1. The molecule has 2 fully saturated rings. The molecule has 0 saturated carbocycles. The van der Waals surface area contributed by atoms with Crippen molar-refractivity contribution in [3.63, 3.8) is 0 Å². The summed E-state index contributed by atoms with van der Waals surface area (Å²) in [6.45, 7) is 8.77. The highest BCUT2D eigenvalue weighted by molar-refractivity contribution is 6.65. The van der Waals surface area contributed by atoms with Gasteiger partial charge in [-0.3, -0.25) is 14.4 Å². The van der Waals surface area contributed by atoms with Gasteiger partial charge in [-0.1, -0.05) is 182 Å². The summed E-state index contributed by atoms with van der Waals surface area (Å²) in [4.78, 5) is 56.6. The number of esters is 2. The third-order valence-corrected chi connectivity index (χ3v) is 13.8. The maximum Gasteiger partial charge on any atom is 0.330 e. The van der Waals surface area contributed by atoms with Crippen LogP contribution in [0.5, 0.6) is 0 Å².